The second-order valence-corrected chi connectivity index (χ2v) is 7.43. The van der Waals surface area contributed by atoms with Crippen LogP contribution in [-0.2, 0) is 16.5 Å². The third kappa shape index (κ3) is 6.07. The fourth-order valence-corrected chi connectivity index (χ4v) is 3.05. The average molecular weight is 364 g/mol. The minimum atomic E-state index is -4.22. The SMILES string of the molecule is CCCCCCCc1ccc(O)cc1Oc1ccc(S(=O)(=O)O)cc1. The maximum atomic E-state index is 11.1. The molecular weight excluding hydrogens is 340 g/mol. The summed E-state index contributed by atoms with van der Waals surface area (Å²) in [6.45, 7) is 2.18. The number of phenolic OH excluding ortho intramolecular Hbond substituents is 1. The predicted octanol–water partition coefficient (Wildman–Crippen LogP) is 4.94. The molecule has 0 saturated heterocycles. The molecule has 2 aromatic rings. The molecule has 0 aromatic heterocycles. The summed E-state index contributed by atoms with van der Waals surface area (Å²) in [5.74, 6) is 1.10. The van der Waals surface area contributed by atoms with Crippen molar-refractivity contribution in [1.29, 1.82) is 0 Å². The Labute approximate surface area is 149 Å². The molecule has 25 heavy (non-hydrogen) atoms. The molecule has 0 radical (unpaired) electrons. The van der Waals surface area contributed by atoms with Crippen molar-refractivity contribution < 1.29 is 22.8 Å². The van der Waals surface area contributed by atoms with Gasteiger partial charge in [-0.1, -0.05) is 38.7 Å². The van der Waals surface area contributed by atoms with Crippen LogP contribution in [0, 0.1) is 0 Å². The van der Waals surface area contributed by atoms with Gasteiger partial charge in [-0.3, -0.25) is 4.55 Å². The van der Waals surface area contributed by atoms with Gasteiger partial charge in [0.25, 0.3) is 10.1 Å². The van der Waals surface area contributed by atoms with E-state index in [0.717, 1.165) is 24.8 Å². The van der Waals surface area contributed by atoms with E-state index in [4.69, 9.17) is 9.29 Å². The Morgan fingerprint density at radius 2 is 1.64 bits per heavy atom. The van der Waals surface area contributed by atoms with Crippen molar-refractivity contribution in [3.05, 3.63) is 48.0 Å². The number of unbranched alkanes of at least 4 members (excludes halogenated alkanes) is 4. The molecule has 0 aliphatic carbocycles. The minimum absolute atomic E-state index is 0.110. The van der Waals surface area contributed by atoms with Crippen LogP contribution in [-0.4, -0.2) is 18.1 Å². The van der Waals surface area contributed by atoms with Crippen LogP contribution in [0.25, 0.3) is 0 Å². The number of aromatic hydroxyl groups is 1. The summed E-state index contributed by atoms with van der Waals surface area (Å²) < 4.78 is 37.0. The van der Waals surface area contributed by atoms with E-state index < -0.39 is 10.1 Å². The first-order valence-electron chi connectivity index (χ1n) is 8.47. The summed E-state index contributed by atoms with van der Waals surface area (Å²) in [4.78, 5) is -0.188. The molecule has 0 bridgehead atoms. The Bertz CT molecular complexity index is 782. The zero-order valence-electron chi connectivity index (χ0n) is 14.3. The molecule has 6 heteroatoms. The molecule has 136 valence electrons. The van der Waals surface area contributed by atoms with Crippen molar-refractivity contribution in [2.24, 2.45) is 0 Å². The quantitative estimate of drug-likeness (QED) is 0.486. The van der Waals surface area contributed by atoms with Crippen molar-refractivity contribution in [2.75, 3.05) is 0 Å². The Morgan fingerprint density at radius 1 is 0.960 bits per heavy atom. The van der Waals surface area contributed by atoms with E-state index in [1.54, 1.807) is 12.1 Å². The number of rotatable bonds is 9. The normalized spacial score (nSPS) is 11.4. The second-order valence-electron chi connectivity index (χ2n) is 6.00. The Hall–Kier alpha value is -2.05. The highest BCUT2D eigenvalue weighted by molar-refractivity contribution is 7.85. The zero-order valence-corrected chi connectivity index (χ0v) is 15.1. The maximum absolute atomic E-state index is 11.1. The lowest BCUT2D eigenvalue weighted by Crippen LogP contribution is -1.98. The van der Waals surface area contributed by atoms with Crippen molar-refractivity contribution in [3.8, 4) is 17.2 Å². The summed E-state index contributed by atoms with van der Waals surface area (Å²) >= 11 is 0. The zero-order chi connectivity index (χ0) is 18.3. The van der Waals surface area contributed by atoms with Gasteiger partial charge in [0.2, 0.25) is 0 Å². The van der Waals surface area contributed by atoms with E-state index in [-0.39, 0.29) is 10.6 Å². The van der Waals surface area contributed by atoms with Crippen LogP contribution in [0.5, 0.6) is 17.2 Å². The highest BCUT2D eigenvalue weighted by Gasteiger charge is 2.11. The molecule has 0 aliphatic heterocycles. The molecule has 0 fully saturated rings. The van der Waals surface area contributed by atoms with Crippen LogP contribution in [0.15, 0.2) is 47.4 Å². The van der Waals surface area contributed by atoms with Crippen LogP contribution >= 0.6 is 0 Å². The molecule has 5 nitrogen and oxygen atoms in total. The van der Waals surface area contributed by atoms with Crippen LogP contribution in [0.3, 0.4) is 0 Å². The van der Waals surface area contributed by atoms with Crippen molar-refractivity contribution in [3.63, 3.8) is 0 Å². The number of benzene rings is 2. The Morgan fingerprint density at radius 3 is 2.28 bits per heavy atom. The number of ether oxygens (including phenoxy) is 1. The van der Waals surface area contributed by atoms with E-state index in [1.165, 1.54) is 43.5 Å². The monoisotopic (exact) mass is 364 g/mol. The van der Waals surface area contributed by atoms with Gasteiger partial charge in [-0.2, -0.15) is 8.42 Å². The highest BCUT2D eigenvalue weighted by atomic mass is 32.2. The number of hydrogen-bond donors (Lipinski definition) is 2. The van der Waals surface area contributed by atoms with E-state index in [1.807, 2.05) is 6.07 Å². The lowest BCUT2D eigenvalue weighted by Gasteiger charge is -2.12. The summed E-state index contributed by atoms with van der Waals surface area (Å²) in [6.07, 6.45) is 6.69. The number of aryl methyl sites for hydroxylation is 1. The molecule has 0 unspecified atom stereocenters. The molecule has 0 saturated carbocycles. The smallest absolute Gasteiger partial charge is 0.294 e. The van der Waals surface area contributed by atoms with Gasteiger partial charge < -0.3 is 9.84 Å². The third-order valence-electron chi connectivity index (χ3n) is 3.95. The third-order valence-corrected chi connectivity index (χ3v) is 4.82. The lowest BCUT2D eigenvalue weighted by molar-refractivity contribution is 0.450. The molecular formula is C19H24O5S. The molecule has 0 aliphatic rings. The summed E-state index contributed by atoms with van der Waals surface area (Å²) in [6, 6.07) is 10.5. The fraction of sp³-hybridized carbons (Fsp3) is 0.368. The Balaban J connectivity index is 2.08. The first-order chi connectivity index (χ1) is 11.9. The van der Waals surface area contributed by atoms with Gasteiger partial charge in [0.05, 0.1) is 4.90 Å². The summed E-state index contributed by atoms with van der Waals surface area (Å²) in [7, 11) is -4.22. The predicted molar refractivity (Wildman–Crippen MR) is 96.9 cm³/mol. The van der Waals surface area contributed by atoms with Crippen molar-refractivity contribution >= 4 is 10.1 Å². The van der Waals surface area contributed by atoms with Crippen LogP contribution in [0.1, 0.15) is 44.6 Å². The minimum Gasteiger partial charge on any atom is -0.508 e. The van der Waals surface area contributed by atoms with Crippen molar-refractivity contribution in [1.82, 2.24) is 0 Å². The molecule has 2 rings (SSSR count). The Kier molecular flexibility index (Phi) is 6.84. The average Bonchev–Trinajstić information content (AvgIpc) is 2.56. The topological polar surface area (TPSA) is 83.8 Å². The first-order valence-corrected chi connectivity index (χ1v) is 9.91. The van der Waals surface area contributed by atoms with E-state index >= 15 is 0 Å². The standard InChI is InChI=1S/C19H24O5S/c1-2-3-4-5-6-7-15-8-9-16(20)14-19(15)24-17-10-12-18(13-11-17)25(21,22)23/h8-14,20H,2-7H2,1H3,(H,21,22,23). The van der Waals surface area contributed by atoms with Gasteiger partial charge in [0.1, 0.15) is 17.2 Å². The number of hydrogen-bond acceptors (Lipinski definition) is 4. The van der Waals surface area contributed by atoms with Gasteiger partial charge in [-0.25, -0.2) is 0 Å². The van der Waals surface area contributed by atoms with E-state index in [0.29, 0.717) is 11.5 Å². The van der Waals surface area contributed by atoms with Gasteiger partial charge in [-0.15, -0.1) is 0 Å². The molecule has 0 heterocycles. The van der Waals surface area contributed by atoms with Gasteiger partial charge in [0, 0.05) is 6.07 Å². The van der Waals surface area contributed by atoms with E-state index in [2.05, 4.69) is 6.92 Å². The number of phenols is 1. The van der Waals surface area contributed by atoms with Gasteiger partial charge in [0.15, 0.2) is 0 Å². The second kappa shape index (κ2) is 8.87. The molecule has 2 aromatic carbocycles. The summed E-state index contributed by atoms with van der Waals surface area (Å²) in [5, 5.41) is 9.72. The van der Waals surface area contributed by atoms with E-state index in [9.17, 15) is 13.5 Å². The van der Waals surface area contributed by atoms with Crippen LogP contribution < -0.4 is 4.74 Å². The first kappa shape index (κ1) is 19.3. The maximum Gasteiger partial charge on any atom is 0.294 e. The molecule has 0 atom stereocenters. The largest absolute Gasteiger partial charge is 0.508 e. The van der Waals surface area contributed by atoms with Gasteiger partial charge >= 0.3 is 0 Å². The van der Waals surface area contributed by atoms with Crippen LogP contribution in [0.4, 0.5) is 0 Å². The van der Waals surface area contributed by atoms with Gasteiger partial charge in [-0.05, 0) is 48.7 Å². The molecule has 2 N–H and O–H groups in total. The van der Waals surface area contributed by atoms with Crippen molar-refractivity contribution in [2.45, 2.75) is 50.3 Å². The lowest BCUT2D eigenvalue weighted by atomic mass is 10.0. The molecule has 0 spiro atoms. The fourth-order valence-electron chi connectivity index (χ4n) is 2.57. The molecule has 0 amide bonds. The van der Waals surface area contributed by atoms with Crippen LogP contribution in [0.2, 0.25) is 0 Å². The summed E-state index contributed by atoms with van der Waals surface area (Å²) in [5.41, 5.74) is 0.994. The highest BCUT2D eigenvalue weighted by Crippen LogP contribution is 2.30.